The van der Waals surface area contributed by atoms with Crippen molar-refractivity contribution >= 4 is 27.5 Å². The van der Waals surface area contributed by atoms with Crippen molar-refractivity contribution in [3.63, 3.8) is 0 Å². The van der Waals surface area contributed by atoms with Crippen LogP contribution in [0.3, 0.4) is 0 Å². The largest absolute Gasteiger partial charge is 0.507 e. The van der Waals surface area contributed by atoms with Gasteiger partial charge in [-0.2, -0.15) is 0 Å². The maximum absolute atomic E-state index is 12.9. The van der Waals surface area contributed by atoms with Crippen LogP contribution in [0.5, 0.6) is 11.5 Å². The summed E-state index contributed by atoms with van der Waals surface area (Å²) in [6.45, 7) is 2.03. The van der Waals surface area contributed by atoms with E-state index >= 15 is 0 Å². The van der Waals surface area contributed by atoms with E-state index in [9.17, 15) is 9.90 Å². The van der Waals surface area contributed by atoms with E-state index < -0.39 is 0 Å². The van der Waals surface area contributed by atoms with Crippen LogP contribution < -0.4 is 4.74 Å². The average Bonchev–Trinajstić information content (AvgIpc) is 2.84. The lowest BCUT2D eigenvalue weighted by atomic mass is 9.93. The van der Waals surface area contributed by atoms with E-state index in [0.717, 1.165) is 38.2 Å². The predicted molar refractivity (Wildman–Crippen MR) is 134 cm³/mol. The van der Waals surface area contributed by atoms with Crippen LogP contribution in [0, 0.1) is 0 Å². The average molecular weight is 433 g/mol. The molecule has 0 saturated heterocycles. The molecule has 0 aliphatic heterocycles. The topological polar surface area (TPSA) is 46.5 Å². The Balaban J connectivity index is 1.57. The highest BCUT2D eigenvalue weighted by Gasteiger charge is 2.17. The Labute approximate surface area is 192 Å². The van der Waals surface area contributed by atoms with Gasteiger partial charge in [0.25, 0.3) is 0 Å². The van der Waals surface area contributed by atoms with Crippen LogP contribution in [0.2, 0.25) is 0 Å². The standard InChI is InChI=1S/C30H24O3/c1-20(21-9-3-2-4-10-21)19-28(32)33-27-18-8-14-23-12-6-16-25(30(23)27)24-15-5-11-22-13-7-17-26(31)29(22)24/h2-18,20,31H,19H2,1H3/t20-/m1/s1. The van der Waals surface area contributed by atoms with Crippen LogP contribution >= 0.6 is 0 Å². The Morgan fingerprint density at radius 1 is 0.727 bits per heavy atom. The molecule has 5 aromatic rings. The number of benzene rings is 5. The highest BCUT2D eigenvalue weighted by Crippen LogP contribution is 2.41. The van der Waals surface area contributed by atoms with Crippen LogP contribution in [-0.4, -0.2) is 11.1 Å². The second-order valence-electron chi connectivity index (χ2n) is 8.33. The second-order valence-corrected chi connectivity index (χ2v) is 8.33. The molecule has 0 unspecified atom stereocenters. The van der Waals surface area contributed by atoms with Gasteiger partial charge in [0, 0.05) is 10.8 Å². The number of aromatic hydroxyl groups is 1. The molecule has 0 fully saturated rings. The van der Waals surface area contributed by atoms with Gasteiger partial charge >= 0.3 is 5.97 Å². The fourth-order valence-electron chi connectivity index (χ4n) is 4.48. The summed E-state index contributed by atoms with van der Waals surface area (Å²) < 4.78 is 5.92. The minimum atomic E-state index is -0.269. The first kappa shape index (κ1) is 20.8. The first-order chi connectivity index (χ1) is 16.1. The molecule has 0 radical (unpaired) electrons. The zero-order valence-corrected chi connectivity index (χ0v) is 18.4. The van der Waals surface area contributed by atoms with Gasteiger partial charge in [0.15, 0.2) is 0 Å². The molecule has 0 aromatic heterocycles. The molecule has 3 heteroatoms. The summed E-state index contributed by atoms with van der Waals surface area (Å²) in [4.78, 5) is 12.9. The Hall–Kier alpha value is -4.11. The first-order valence-corrected chi connectivity index (χ1v) is 11.1. The molecule has 0 aliphatic carbocycles. The van der Waals surface area contributed by atoms with Gasteiger partial charge in [-0.05, 0) is 45.5 Å². The third-order valence-corrected chi connectivity index (χ3v) is 6.10. The minimum absolute atomic E-state index is 0.0585. The molecule has 0 saturated carbocycles. The fourth-order valence-corrected chi connectivity index (χ4v) is 4.48. The summed E-state index contributed by atoms with van der Waals surface area (Å²) in [6.07, 6.45) is 0.289. The van der Waals surface area contributed by atoms with Gasteiger partial charge < -0.3 is 9.84 Å². The molecule has 0 amide bonds. The number of rotatable bonds is 5. The first-order valence-electron chi connectivity index (χ1n) is 11.1. The third-order valence-electron chi connectivity index (χ3n) is 6.10. The quantitative estimate of drug-likeness (QED) is 0.231. The molecule has 33 heavy (non-hydrogen) atoms. The summed E-state index contributed by atoms with van der Waals surface area (Å²) in [5.41, 5.74) is 2.93. The molecule has 0 bridgehead atoms. The smallest absolute Gasteiger partial charge is 0.311 e. The molecule has 1 atom stereocenters. The fraction of sp³-hybridized carbons (Fsp3) is 0.100. The van der Waals surface area contributed by atoms with Gasteiger partial charge in [-0.25, -0.2) is 0 Å². The zero-order valence-electron chi connectivity index (χ0n) is 18.4. The number of phenols is 1. The predicted octanol–water partition coefficient (Wildman–Crippen LogP) is 7.46. The number of carbonyl (C=O) groups excluding carboxylic acids is 1. The molecule has 0 spiro atoms. The minimum Gasteiger partial charge on any atom is -0.507 e. The molecule has 1 N–H and O–H groups in total. The number of fused-ring (bicyclic) bond motifs is 2. The Morgan fingerprint density at radius 3 is 2.00 bits per heavy atom. The molecular formula is C30H24O3. The van der Waals surface area contributed by atoms with Crippen molar-refractivity contribution in [2.45, 2.75) is 19.3 Å². The SMILES string of the molecule is C[C@H](CC(=O)Oc1cccc2cccc(-c3cccc4cccc(O)c34)c12)c1ccccc1. The number of ether oxygens (including phenoxy) is 1. The summed E-state index contributed by atoms with van der Waals surface area (Å²) in [7, 11) is 0. The number of hydrogen-bond donors (Lipinski definition) is 1. The lowest BCUT2D eigenvalue weighted by molar-refractivity contribution is -0.134. The summed E-state index contributed by atoms with van der Waals surface area (Å²) in [5.74, 6) is 0.546. The summed E-state index contributed by atoms with van der Waals surface area (Å²) >= 11 is 0. The Bertz CT molecular complexity index is 1440. The molecule has 5 aromatic carbocycles. The highest BCUT2D eigenvalue weighted by molar-refractivity contribution is 6.09. The summed E-state index contributed by atoms with van der Waals surface area (Å²) in [6, 6.07) is 33.2. The van der Waals surface area contributed by atoms with E-state index in [-0.39, 0.29) is 24.1 Å². The normalized spacial score (nSPS) is 12.0. The number of esters is 1. The lowest BCUT2D eigenvalue weighted by Gasteiger charge is -2.16. The van der Waals surface area contributed by atoms with Gasteiger partial charge in [-0.3, -0.25) is 4.79 Å². The van der Waals surface area contributed by atoms with Crippen LogP contribution in [-0.2, 0) is 4.79 Å². The van der Waals surface area contributed by atoms with E-state index in [1.807, 2.05) is 104 Å². The second kappa shape index (κ2) is 8.79. The molecule has 162 valence electrons. The lowest BCUT2D eigenvalue weighted by Crippen LogP contribution is -2.12. The van der Waals surface area contributed by atoms with Crippen LogP contribution in [0.25, 0.3) is 32.7 Å². The van der Waals surface area contributed by atoms with E-state index in [4.69, 9.17) is 4.74 Å². The monoisotopic (exact) mass is 432 g/mol. The van der Waals surface area contributed by atoms with Crippen LogP contribution in [0.4, 0.5) is 0 Å². The third kappa shape index (κ3) is 4.06. The maximum Gasteiger partial charge on any atom is 0.311 e. The van der Waals surface area contributed by atoms with Crippen LogP contribution in [0.15, 0.2) is 103 Å². The summed E-state index contributed by atoms with van der Waals surface area (Å²) in [5, 5.41) is 14.2. The van der Waals surface area contributed by atoms with E-state index in [2.05, 4.69) is 0 Å². The molecule has 5 rings (SSSR count). The van der Waals surface area contributed by atoms with E-state index in [1.54, 1.807) is 6.07 Å². The van der Waals surface area contributed by atoms with Crippen molar-refractivity contribution < 1.29 is 14.6 Å². The van der Waals surface area contributed by atoms with Crippen molar-refractivity contribution in [1.29, 1.82) is 0 Å². The molecule has 0 heterocycles. The maximum atomic E-state index is 12.9. The van der Waals surface area contributed by atoms with E-state index in [0.29, 0.717) is 5.75 Å². The van der Waals surface area contributed by atoms with Gasteiger partial charge in [0.2, 0.25) is 0 Å². The van der Waals surface area contributed by atoms with Crippen molar-refractivity contribution in [2.75, 3.05) is 0 Å². The molecule has 3 nitrogen and oxygen atoms in total. The van der Waals surface area contributed by atoms with Gasteiger partial charge in [0.1, 0.15) is 11.5 Å². The Morgan fingerprint density at radius 2 is 1.30 bits per heavy atom. The van der Waals surface area contributed by atoms with Gasteiger partial charge in [0.05, 0.1) is 6.42 Å². The number of hydrogen-bond acceptors (Lipinski definition) is 3. The van der Waals surface area contributed by atoms with Gasteiger partial charge in [-0.1, -0.05) is 97.9 Å². The Kier molecular flexibility index (Phi) is 5.54. The van der Waals surface area contributed by atoms with Crippen LogP contribution in [0.1, 0.15) is 24.8 Å². The van der Waals surface area contributed by atoms with Crippen molar-refractivity contribution in [2.24, 2.45) is 0 Å². The van der Waals surface area contributed by atoms with Gasteiger partial charge in [-0.15, -0.1) is 0 Å². The molecular weight excluding hydrogens is 408 g/mol. The highest BCUT2D eigenvalue weighted by atomic mass is 16.5. The van der Waals surface area contributed by atoms with E-state index in [1.165, 1.54) is 0 Å². The molecule has 0 aliphatic rings. The number of phenolic OH excluding ortho intramolecular Hbond substituents is 1. The van der Waals surface area contributed by atoms with Crippen molar-refractivity contribution in [3.8, 4) is 22.6 Å². The van der Waals surface area contributed by atoms with Crippen molar-refractivity contribution in [1.82, 2.24) is 0 Å². The van der Waals surface area contributed by atoms with Crippen molar-refractivity contribution in [3.05, 3.63) is 109 Å². The number of carbonyl (C=O) groups is 1. The zero-order chi connectivity index (χ0) is 22.8.